The molecule has 0 bridgehead atoms. The molecule has 1 amide bonds. The zero-order valence-corrected chi connectivity index (χ0v) is 13.2. The van der Waals surface area contributed by atoms with Crippen LogP contribution in [0, 0.1) is 0 Å². The van der Waals surface area contributed by atoms with E-state index in [1.54, 1.807) is 20.8 Å². The van der Waals surface area contributed by atoms with Crippen LogP contribution in [0.25, 0.3) is 0 Å². The highest BCUT2D eigenvalue weighted by atomic mass is 19.4. The van der Waals surface area contributed by atoms with Gasteiger partial charge >= 0.3 is 12.3 Å². The summed E-state index contributed by atoms with van der Waals surface area (Å²) in [6.45, 7) is 5.46. The van der Waals surface area contributed by atoms with E-state index in [0.717, 1.165) is 12.1 Å². The third-order valence-electron chi connectivity index (χ3n) is 3.65. The summed E-state index contributed by atoms with van der Waals surface area (Å²) in [5.74, 6) is -0.426. The monoisotopic (exact) mass is 331 g/mol. The van der Waals surface area contributed by atoms with Gasteiger partial charge in [-0.3, -0.25) is 4.90 Å². The van der Waals surface area contributed by atoms with Gasteiger partial charge in [0, 0.05) is 12.5 Å². The van der Waals surface area contributed by atoms with E-state index in [1.807, 2.05) is 0 Å². The van der Waals surface area contributed by atoms with E-state index in [1.165, 1.54) is 17.0 Å². The van der Waals surface area contributed by atoms with Gasteiger partial charge in [0.25, 0.3) is 0 Å². The molecule has 1 aromatic carbocycles. The fourth-order valence-electron chi connectivity index (χ4n) is 2.55. The van der Waals surface area contributed by atoms with Crippen LogP contribution in [0.3, 0.4) is 0 Å². The highest BCUT2D eigenvalue weighted by Crippen LogP contribution is 2.35. The molecule has 0 aromatic heterocycles. The summed E-state index contributed by atoms with van der Waals surface area (Å²) in [6, 6.07) is 4.65. The Hall–Kier alpha value is -1.76. The van der Waals surface area contributed by atoms with Crippen molar-refractivity contribution in [3.8, 4) is 0 Å². The predicted octanol–water partition coefficient (Wildman–Crippen LogP) is 3.75. The van der Waals surface area contributed by atoms with Gasteiger partial charge in [0.05, 0.1) is 5.56 Å². The van der Waals surface area contributed by atoms with E-state index in [2.05, 4.69) is 0 Å². The fourth-order valence-corrected chi connectivity index (χ4v) is 2.55. The summed E-state index contributed by atoms with van der Waals surface area (Å²) in [4.78, 5) is 13.2. The molecule has 1 aliphatic heterocycles. The van der Waals surface area contributed by atoms with E-state index in [9.17, 15) is 23.1 Å². The molecule has 23 heavy (non-hydrogen) atoms. The first-order valence-corrected chi connectivity index (χ1v) is 7.34. The standard InChI is InChI=1S/C16H20F3NO3/c1-15(2,3)23-14(22)20-9-8-12(13(20)21)10-4-6-11(7-5-10)16(17,18)19/h4-7,12-13,21H,8-9H2,1-3H3. The van der Waals surface area contributed by atoms with Gasteiger partial charge in [-0.2, -0.15) is 13.2 Å². The molecule has 128 valence electrons. The number of alkyl halides is 3. The fraction of sp³-hybridized carbons (Fsp3) is 0.562. The van der Waals surface area contributed by atoms with Gasteiger partial charge in [-0.15, -0.1) is 0 Å². The van der Waals surface area contributed by atoms with Crippen molar-refractivity contribution in [2.24, 2.45) is 0 Å². The van der Waals surface area contributed by atoms with Crippen molar-refractivity contribution in [2.45, 2.75) is 51.1 Å². The lowest BCUT2D eigenvalue weighted by Gasteiger charge is -2.27. The maximum Gasteiger partial charge on any atom is 0.416 e. The van der Waals surface area contributed by atoms with Crippen LogP contribution in [-0.4, -0.2) is 34.5 Å². The SMILES string of the molecule is CC(C)(C)OC(=O)N1CCC(c2ccc(C(F)(F)F)cc2)C1O. The molecule has 1 heterocycles. The Morgan fingerprint density at radius 2 is 1.78 bits per heavy atom. The van der Waals surface area contributed by atoms with Crippen LogP contribution >= 0.6 is 0 Å². The molecule has 0 aliphatic carbocycles. The highest BCUT2D eigenvalue weighted by Gasteiger charge is 2.39. The lowest BCUT2D eigenvalue weighted by atomic mass is 9.96. The van der Waals surface area contributed by atoms with Crippen molar-refractivity contribution in [1.29, 1.82) is 0 Å². The van der Waals surface area contributed by atoms with E-state index >= 15 is 0 Å². The van der Waals surface area contributed by atoms with E-state index in [0.29, 0.717) is 18.5 Å². The quantitative estimate of drug-likeness (QED) is 0.853. The van der Waals surface area contributed by atoms with Gasteiger partial charge in [0.1, 0.15) is 11.8 Å². The molecule has 1 saturated heterocycles. The summed E-state index contributed by atoms with van der Waals surface area (Å²) in [5.41, 5.74) is -0.849. The van der Waals surface area contributed by atoms with Crippen LogP contribution in [0.5, 0.6) is 0 Å². The van der Waals surface area contributed by atoms with E-state index in [-0.39, 0.29) is 0 Å². The second-order valence-electron chi connectivity index (χ2n) is 6.60. The predicted molar refractivity (Wildman–Crippen MR) is 77.7 cm³/mol. The van der Waals surface area contributed by atoms with Gasteiger partial charge in [-0.1, -0.05) is 12.1 Å². The van der Waals surface area contributed by atoms with Crippen LogP contribution in [-0.2, 0) is 10.9 Å². The molecular formula is C16H20F3NO3. The first-order chi connectivity index (χ1) is 10.5. The summed E-state index contributed by atoms with van der Waals surface area (Å²) in [6.07, 6.45) is -5.66. The van der Waals surface area contributed by atoms with E-state index in [4.69, 9.17) is 4.74 Å². The van der Waals surface area contributed by atoms with Crippen LogP contribution in [0.4, 0.5) is 18.0 Å². The minimum Gasteiger partial charge on any atom is -0.444 e. The molecule has 2 atom stereocenters. The molecule has 1 fully saturated rings. The number of halogens is 3. The number of rotatable bonds is 1. The lowest BCUT2D eigenvalue weighted by molar-refractivity contribution is -0.137. The van der Waals surface area contributed by atoms with Crippen molar-refractivity contribution in [2.75, 3.05) is 6.54 Å². The van der Waals surface area contributed by atoms with Crippen molar-refractivity contribution >= 4 is 6.09 Å². The van der Waals surface area contributed by atoms with Crippen LogP contribution in [0.15, 0.2) is 24.3 Å². The zero-order chi connectivity index (χ0) is 17.4. The average Bonchev–Trinajstić information content (AvgIpc) is 2.78. The minimum atomic E-state index is -4.39. The Morgan fingerprint density at radius 3 is 2.26 bits per heavy atom. The summed E-state index contributed by atoms with van der Waals surface area (Å²) in [5, 5.41) is 10.3. The molecule has 4 nitrogen and oxygen atoms in total. The highest BCUT2D eigenvalue weighted by molar-refractivity contribution is 5.69. The minimum absolute atomic E-state index is 0.293. The van der Waals surface area contributed by atoms with Gasteiger partial charge in [-0.25, -0.2) is 4.79 Å². The summed E-state index contributed by atoms with van der Waals surface area (Å²) < 4.78 is 43.0. The van der Waals surface area contributed by atoms with Gasteiger partial charge in [0.2, 0.25) is 0 Å². The van der Waals surface area contributed by atoms with Gasteiger partial charge in [0.15, 0.2) is 0 Å². The van der Waals surface area contributed by atoms with E-state index < -0.39 is 35.6 Å². The third-order valence-corrected chi connectivity index (χ3v) is 3.65. The second-order valence-corrected chi connectivity index (χ2v) is 6.60. The molecule has 1 N–H and O–H groups in total. The maximum atomic E-state index is 12.6. The number of nitrogens with zero attached hydrogens (tertiary/aromatic N) is 1. The number of hydrogen-bond donors (Lipinski definition) is 1. The van der Waals surface area contributed by atoms with Crippen molar-refractivity contribution in [3.63, 3.8) is 0 Å². The number of carbonyl (C=O) groups is 1. The normalized spacial score (nSPS) is 22.3. The molecule has 2 rings (SSSR count). The number of hydrogen-bond acceptors (Lipinski definition) is 3. The molecule has 7 heteroatoms. The first kappa shape index (κ1) is 17.6. The largest absolute Gasteiger partial charge is 0.444 e. The van der Waals surface area contributed by atoms with Crippen molar-refractivity contribution < 1.29 is 27.8 Å². The Morgan fingerprint density at radius 1 is 1.22 bits per heavy atom. The first-order valence-electron chi connectivity index (χ1n) is 7.34. The number of ether oxygens (including phenoxy) is 1. The topological polar surface area (TPSA) is 49.8 Å². The molecule has 1 aliphatic rings. The summed E-state index contributed by atoms with van der Waals surface area (Å²) >= 11 is 0. The Labute approximate surface area is 132 Å². The molecule has 1 aromatic rings. The Kier molecular flexibility index (Phi) is 4.61. The zero-order valence-electron chi connectivity index (χ0n) is 13.2. The van der Waals surface area contributed by atoms with Crippen LogP contribution in [0.2, 0.25) is 0 Å². The van der Waals surface area contributed by atoms with Gasteiger partial charge in [-0.05, 0) is 44.9 Å². The molecule has 0 spiro atoms. The summed E-state index contributed by atoms with van der Waals surface area (Å²) in [7, 11) is 0. The molecular weight excluding hydrogens is 311 g/mol. The average molecular weight is 331 g/mol. The Bertz CT molecular complexity index is 563. The maximum absolute atomic E-state index is 12.6. The molecule has 2 unspecified atom stereocenters. The second kappa shape index (κ2) is 6.03. The number of amides is 1. The number of aliphatic hydroxyl groups is 1. The molecule has 0 radical (unpaired) electrons. The van der Waals surface area contributed by atoms with Crippen LogP contribution < -0.4 is 0 Å². The number of carbonyl (C=O) groups excluding carboxylic acids is 1. The van der Waals surface area contributed by atoms with Crippen LogP contribution in [0.1, 0.15) is 44.2 Å². The Balaban J connectivity index is 2.10. The molecule has 0 saturated carbocycles. The smallest absolute Gasteiger partial charge is 0.416 e. The van der Waals surface area contributed by atoms with Crippen molar-refractivity contribution in [3.05, 3.63) is 35.4 Å². The van der Waals surface area contributed by atoms with Crippen molar-refractivity contribution in [1.82, 2.24) is 4.90 Å². The van der Waals surface area contributed by atoms with Gasteiger partial charge < -0.3 is 9.84 Å². The lowest BCUT2D eigenvalue weighted by Crippen LogP contribution is -2.40. The number of aliphatic hydroxyl groups excluding tert-OH is 1. The number of benzene rings is 1. The number of likely N-dealkylation sites (tertiary alicyclic amines) is 1. The third kappa shape index (κ3) is 4.16.